The van der Waals surface area contributed by atoms with Crippen molar-refractivity contribution in [3.05, 3.63) is 63.9 Å². The lowest BCUT2D eigenvalue weighted by molar-refractivity contribution is -0.141. The molecule has 0 spiro atoms. The molecule has 1 aromatic carbocycles. The van der Waals surface area contributed by atoms with Gasteiger partial charge in [-0.25, -0.2) is 9.37 Å². The number of rotatable bonds is 7. The lowest BCUT2D eigenvalue weighted by Gasteiger charge is -2.10. The van der Waals surface area contributed by atoms with Crippen molar-refractivity contribution in [1.29, 1.82) is 0 Å². The number of aromatic nitrogens is 3. The number of alkyl halides is 3. The predicted molar refractivity (Wildman–Crippen MR) is 106 cm³/mol. The van der Waals surface area contributed by atoms with Crippen molar-refractivity contribution in [2.24, 2.45) is 5.73 Å². The fourth-order valence-corrected chi connectivity index (χ4v) is 3.53. The van der Waals surface area contributed by atoms with Gasteiger partial charge in [0, 0.05) is 35.8 Å². The molecule has 0 fully saturated rings. The van der Waals surface area contributed by atoms with Gasteiger partial charge in [0.25, 0.3) is 5.91 Å². The highest BCUT2D eigenvalue weighted by Gasteiger charge is 2.32. The number of nitrogens with one attached hydrogen (secondary N) is 1. The van der Waals surface area contributed by atoms with Gasteiger partial charge in [-0.3, -0.25) is 9.78 Å². The van der Waals surface area contributed by atoms with Crippen LogP contribution in [0.1, 0.15) is 32.3 Å². The molecule has 0 aliphatic rings. The number of nitrogens with two attached hydrogens (primary N) is 1. The maximum atomic E-state index is 14.1. The van der Waals surface area contributed by atoms with Gasteiger partial charge in [-0.15, -0.1) is 0 Å². The summed E-state index contributed by atoms with van der Waals surface area (Å²) in [6, 6.07) is 3.96. The Bertz CT molecular complexity index is 1070. The largest absolute Gasteiger partial charge is 0.489 e. The van der Waals surface area contributed by atoms with Crippen LogP contribution in [0.15, 0.2) is 30.6 Å². The van der Waals surface area contributed by atoms with Gasteiger partial charge in [-0.05, 0) is 30.6 Å². The highest BCUT2D eigenvalue weighted by Crippen LogP contribution is 2.28. The number of hydrogen-bond donors (Lipinski definition) is 2. The minimum atomic E-state index is -4.59. The number of benzene rings is 1. The van der Waals surface area contributed by atoms with Crippen LogP contribution in [0.3, 0.4) is 0 Å². The first-order valence-electron chi connectivity index (χ1n) is 8.96. The fraction of sp³-hybridized carbons (Fsp3) is 0.263. The lowest BCUT2D eigenvalue weighted by atomic mass is 10.1. The summed E-state index contributed by atoms with van der Waals surface area (Å²) >= 11 is 1.03. The molecule has 3 rings (SSSR count). The highest BCUT2D eigenvalue weighted by atomic mass is 32.1. The molecule has 0 unspecified atom stereocenters. The molecule has 2 aromatic heterocycles. The number of hydrogen-bond acceptors (Lipinski definition) is 7. The Hall–Kier alpha value is -3.12. The van der Waals surface area contributed by atoms with Gasteiger partial charge >= 0.3 is 6.18 Å². The van der Waals surface area contributed by atoms with E-state index in [1.54, 1.807) is 6.92 Å². The van der Waals surface area contributed by atoms with Crippen LogP contribution in [0.5, 0.6) is 5.75 Å². The first-order chi connectivity index (χ1) is 14.7. The summed E-state index contributed by atoms with van der Waals surface area (Å²) in [6.45, 7) is 2.00. The van der Waals surface area contributed by atoms with Gasteiger partial charge in [0.05, 0.1) is 23.1 Å². The molecule has 1 amide bonds. The smallest absolute Gasteiger partial charge is 0.434 e. The zero-order chi connectivity index (χ0) is 22.6. The van der Waals surface area contributed by atoms with Crippen molar-refractivity contribution in [2.45, 2.75) is 19.5 Å². The van der Waals surface area contributed by atoms with E-state index in [0.717, 1.165) is 23.8 Å². The van der Waals surface area contributed by atoms with Crippen LogP contribution in [0.4, 0.5) is 23.2 Å². The Balaban J connectivity index is 1.76. The molecule has 0 atom stereocenters. The average Bonchev–Trinajstić information content (AvgIpc) is 3.07. The van der Waals surface area contributed by atoms with Crippen molar-refractivity contribution in [1.82, 2.24) is 14.3 Å². The molecule has 0 saturated heterocycles. The molecule has 0 saturated carbocycles. The van der Waals surface area contributed by atoms with E-state index in [2.05, 4.69) is 19.7 Å². The monoisotopic (exact) mass is 455 g/mol. The molecule has 12 heteroatoms. The zero-order valence-corrected chi connectivity index (χ0v) is 17.0. The summed E-state index contributed by atoms with van der Waals surface area (Å²) in [5.74, 6) is -1.18. The predicted octanol–water partition coefficient (Wildman–Crippen LogP) is 3.58. The number of halogens is 4. The maximum absolute atomic E-state index is 14.1. The van der Waals surface area contributed by atoms with Crippen molar-refractivity contribution in [2.75, 3.05) is 18.5 Å². The minimum Gasteiger partial charge on any atom is -0.489 e. The number of amides is 1. The maximum Gasteiger partial charge on any atom is 0.434 e. The van der Waals surface area contributed by atoms with Gasteiger partial charge < -0.3 is 15.8 Å². The molecule has 0 aliphatic carbocycles. The first-order valence-corrected chi connectivity index (χ1v) is 9.73. The summed E-state index contributed by atoms with van der Waals surface area (Å²) in [5, 5.41) is 2.59. The minimum absolute atomic E-state index is 0.0124. The van der Waals surface area contributed by atoms with Gasteiger partial charge in [-0.2, -0.15) is 17.5 Å². The van der Waals surface area contributed by atoms with Crippen molar-refractivity contribution < 1.29 is 27.1 Å². The first kappa shape index (κ1) is 22.6. The van der Waals surface area contributed by atoms with Crippen LogP contribution in [0.2, 0.25) is 0 Å². The summed E-state index contributed by atoms with van der Waals surface area (Å²) in [7, 11) is 0. The van der Waals surface area contributed by atoms with E-state index in [0.29, 0.717) is 16.8 Å². The molecule has 0 aliphatic heterocycles. The molecule has 7 nitrogen and oxygen atoms in total. The molecule has 0 radical (unpaired) electrons. The van der Waals surface area contributed by atoms with Crippen LogP contribution >= 0.6 is 11.5 Å². The summed E-state index contributed by atoms with van der Waals surface area (Å²) in [5.41, 5.74) is 5.35. The van der Waals surface area contributed by atoms with Gasteiger partial charge in [0.2, 0.25) is 0 Å². The van der Waals surface area contributed by atoms with E-state index in [9.17, 15) is 22.4 Å². The Labute approximate surface area is 178 Å². The summed E-state index contributed by atoms with van der Waals surface area (Å²) in [6.07, 6.45) is -2.87. The van der Waals surface area contributed by atoms with E-state index in [-0.39, 0.29) is 42.3 Å². The van der Waals surface area contributed by atoms with Crippen LogP contribution in [0, 0.1) is 12.7 Å². The van der Waals surface area contributed by atoms with Crippen molar-refractivity contribution in [3.8, 4) is 5.75 Å². The molecule has 31 heavy (non-hydrogen) atoms. The molecule has 164 valence electrons. The summed E-state index contributed by atoms with van der Waals surface area (Å²) in [4.78, 5) is 20.4. The molecule has 2 heterocycles. The van der Waals surface area contributed by atoms with Gasteiger partial charge in [0.15, 0.2) is 17.3 Å². The number of carbonyl (C=O) groups excluding carboxylic acids is 1. The van der Waals surface area contributed by atoms with E-state index >= 15 is 0 Å². The van der Waals surface area contributed by atoms with Crippen molar-refractivity contribution >= 4 is 23.1 Å². The third kappa shape index (κ3) is 5.52. The SMILES string of the molecule is Cc1nsc(Cc2cnc(C(F)(F)F)cn2)c1C(=O)Nc1ccc(OCCN)c(F)c1. The number of anilines is 1. The van der Waals surface area contributed by atoms with Gasteiger partial charge in [-0.1, -0.05) is 0 Å². The quantitative estimate of drug-likeness (QED) is 0.528. The molecule has 3 N–H and O–H groups in total. The van der Waals surface area contributed by atoms with Crippen LogP contribution in [0.25, 0.3) is 0 Å². The average molecular weight is 455 g/mol. The Morgan fingerprint density at radius 2 is 2.03 bits per heavy atom. The summed E-state index contributed by atoms with van der Waals surface area (Å²) < 4.78 is 61.3. The number of aryl methyl sites for hydroxylation is 1. The second kappa shape index (κ2) is 9.35. The fourth-order valence-electron chi connectivity index (χ4n) is 2.64. The van der Waals surface area contributed by atoms with Crippen LogP contribution < -0.4 is 15.8 Å². The van der Waals surface area contributed by atoms with E-state index in [4.69, 9.17) is 10.5 Å². The lowest BCUT2D eigenvalue weighted by Crippen LogP contribution is -2.15. The van der Waals surface area contributed by atoms with Gasteiger partial charge in [0.1, 0.15) is 6.61 Å². The molecule has 3 aromatic rings. The molecule has 0 bridgehead atoms. The number of nitrogens with zero attached hydrogens (tertiary/aromatic N) is 3. The molecular formula is C19H17F4N5O2S. The van der Waals surface area contributed by atoms with E-state index in [1.165, 1.54) is 12.1 Å². The normalized spacial score (nSPS) is 11.4. The zero-order valence-electron chi connectivity index (χ0n) is 16.2. The molecular weight excluding hydrogens is 438 g/mol. The third-order valence-corrected chi connectivity index (χ3v) is 5.00. The van der Waals surface area contributed by atoms with Crippen LogP contribution in [-0.4, -0.2) is 33.4 Å². The second-order valence-electron chi connectivity index (χ2n) is 6.37. The standard InChI is InChI=1S/C19H17F4N5O2S/c1-10-17(18(29)27-11-2-3-14(13(20)6-11)30-5-4-24)15(31-28-10)7-12-8-26-16(9-25-12)19(21,22)23/h2-3,6,8-9H,4-5,7,24H2,1H3,(H,27,29). The highest BCUT2D eigenvalue weighted by molar-refractivity contribution is 7.06. The second-order valence-corrected chi connectivity index (χ2v) is 7.23. The Kier molecular flexibility index (Phi) is 6.81. The number of ether oxygens (including phenoxy) is 1. The third-order valence-electron chi connectivity index (χ3n) is 4.06. The topological polar surface area (TPSA) is 103 Å². The Morgan fingerprint density at radius 1 is 1.26 bits per heavy atom. The number of carbonyl (C=O) groups is 1. The Morgan fingerprint density at radius 3 is 2.65 bits per heavy atom. The van der Waals surface area contributed by atoms with E-state index < -0.39 is 23.6 Å². The van der Waals surface area contributed by atoms with Crippen LogP contribution in [-0.2, 0) is 12.6 Å². The van der Waals surface area contributed by atoms with E-state index in [1.807, 2.05) is 0 Å². The van der Waals surface area contributed by atoms with Crippen molar-refractivity contribution in [3.63, 3.8) is 0 Å².